The summed E-state index contributed by atoms with van der Waals surface area (Å²) >= 11 is 0. The number of carbonyl (C=O) groups excluding carboxylic acids is 1. The fourth-order valence-electron chi connectivity index (χ4n) is 1.76. The largest absolute Gasteiger partial charge is 0.573 e. The van der Waals surface area contributed by atoms with E-state index >= 15 is 0 Å². The number of aliphatic hydroxyl groups is 1. The van der Waals surface area contributed by atoms with Crippen molar-refractivity contribution in [2.45, 2.75) is 26.1 Å². The zero-order chi connectivity index (χ0) is 16.6. The molecule has 0 aliphatic rings. The van der Waals surface area contributed by atoms with Crippen molar-refractivity contribution in [1.82, 2.24) is 4.90 Å². The van der Waals surface area contributed by atoms with Gasteiger partial charge in [-0.25, -0.2) is 4.79 Å². The van der Waals surface area contributed by atoms with Gasteiger partial charge < -0.3 is 20.1 Å². The summed E-state index contributed by atoms with van der Waals surface area (Å²) in [7, 11) is 0. The van der Waals surface area contributed by atoms with Crippen LogP contribution in [0.15, 0.2) is 24.3 Å². The third kappa shape index (κ3) is 6.66. The molecule has 0 atom stereocenters. The molecular formula is C14H19F3N2O3. The molecule has 0 saturated heterocycles. The number of anilines is 1. The van der Waals surface area contributed by atoms with Crippen LogP contribution in [0.1, 0.15) is 19.8 Å². The van der Waals surface area contributed by atoms with Gasteiger partial charge in [-0.2, -0.15) is 0 Å². The summed E-state index contributed by atoms with van der Waals surface area (Å²) in [4.78, 5) is 13.4. The predicted molar refractivity (Wildman–Crippen MR) is 75.7 cm³/mol. The zero-order valence-corrected chi connectivity index (χ0v) is 12.2. The molecule has 0 unspecified atom stereocenters. The fraction of sp³-hybridized carbons (Fsp3) is 0.500. The lowest BCUT2D eigenvalue weighted by Crippen LogP contribution is -2.37. The van der Waals surface area contributed by atoms with Crippen molar-refractivity contribution < 1.29 is 27.8 Å². The Balaban J connectivity index is 2.71. The first-order chi connectivity index (χ1) is 10.4. The fourth-order valence-corrected chi connectivity index (χ4v) is 1.76. The van der Waals surface area contributed by atoms with Crippen molar-refractivity contribution in [3.63, 3.8) is 0 Å². The van der Waals surface area contributed by atoms with Gasteiger partial charge in [-0.05, 0) is 18.6 Å². The molecule has 0 heterocycles. The molecule has 0 aromatic heterocycles. The number of unbranched alkanes of at least 4 members (excludes halogenated alkanes) is 1. The summed E-state index contributed by atoms with van der Waals surface area (Å²) in [5, 5.41) is 11.4. The molecule has 1 aromatic rings. The van der Waals surface area contributed by atoms with E-state index < -0.39 is 18.1 Å². The number of urea groups is 1. The Morgan fingerprint density at radius 3 is 2.68 bits per heavy atom. The van der Waals surface area contributed by atoms with Crippen LogP contribution in [0, 0.1) is 0 Å². The SMILES string of the molecule is CCCCN(CCO)C(=O)Nc1cccc(OC(F)(F)F)c1. The van der Waals surface area contributed by atoms with E-state index in [0.717, 1.165) is 25.0 Å². The molecule has 5 nitrogen and oxygen atoms in total. The lowest BCUT2D eigenvalue weighted by atomic mass is 10.3. The van der Waals surface area contributed by atoms with E-state index in [-0.39, 0.29) is 18.8 Å². The van der Waals surface area contributed by atoms with Gasteiger partial charge in [-0.1, -0.05) is 19.4 Å². The normalized spacial score (nSPS) is 11.1. The van der Waals surface area contributed by atoms with E-state index in [1.165, 1.54) is 17.0 Å². The third-order valence-corrected chi connectivity index (χ3v) is 2.76. The maximum absolute atomic E-state index is 12.2. The average Bonchev–Trinajstić information content (AvgIpc) is 2.41. The van der Waals surface area contributed by atoms with Gasteiger partial charge in [0.15, 0.2) is 0 Å². The maximum atomic E-state index is 12.2. The number of amides is 2. The lowest BCUT2D eigenvalue weighted by molar-refractivity contribution is -0.274. The van der Waals surface area contributed by atoms with E-state index in [9.17, 15) is 18.0 Å². The number of alkyl halides is 3. The number of carbonyl (C=O) groups is 1. The first kappa shape index (κ1) is 18.1. The van der Waals surface area contributed by atoms with E-state index in [2.05, 4.69) is 10.1 Å². The van der Waals surface area contributed by atoms with Gasteiger partial charge in [0.2, 0.25) is 0 Å². The van der Waals surface area contributed by atoms with Crippen LogP contribution >= 0.6 is 0 Å². The number of benzene rings is 1. The van der Waals surface area contributed by atoms with E-state index in [1.807, 2.05) is 6.92 Å². The molecule has 22 heavy (non-hydrogen) atoms. The highest BCUT2D eigenvalue weighted by Crippen LogP contribution is 2.25. The minimum atomic E-state index is -4.79. The number of halogens is 3. The van der Waals surface area contributed by atoms with E-state index in [1.54, 1.807) is 0 Å². The van der Waals surface area contributed by atoms with Gasteiger partial charge in [0.25, 0.3) is 0 Å². The van der Waals surface area contributed by atoms with E-state index in [4.69, 9.17) is 5.11 Å². The molecular weight excluding hydrogens is 301 g/mol. The van der Waals surface area contributed by atoms with E-state index in [0.29, 0.717) is 6.54 Å². The van der Waals surface area contributed by atoms with Crippen molar-refractivity contribution in [2.75, 3.05) is 25.0 Å². The van der Waals surface area contributed by atoms with Crippen molar-refractivity contribution in [2.24, 2.45) is 0 Å². The molecule has 2 amide bonds. The standard InChI is InChI=1S/C14H19F3N2O3/c1-2-3-7-19(8-9-20)13(21)18-11-5-4-6-12(10-11)22-14(15,16)17/h4-6,10,20H,2-3,7-9H2,1H3,(H,18,21). The quantitative estimate of drug-likeness (QED) is 0.811. The minimum absolute atomic E-state index is 0.157. The number of rotatable bonds is 7. The molecule has 0 fully saturated rings. The van der Waals surface area contributed by atoms with Gasteiger partial charge >= 0.3 is 12.4 Å². The molecule has 0 aliphatic heterocycles. The van der Waals surface area contributed by atoms with Crippen LogP contribution in [0.5, 0.6) is 5.75 Å². The van der Waals surface area contributed by atoms with Crippen molar-refractivity contribution in [1.29, 1.82) is 0 Å². The number of nitrogens with zero attached hydrogens (tertiary/aromatic N) is 1. The highest BCUT2D eigenvalue weighted by molar-refractivity contribution is 5.89. The van der Waals surface area contributed by atoms with Crippen LogP contribution in [0.4, 0.5) is 23.7 Å². The summed E-state index contributed by atoms with van der Waals surface area (Å²) in [5.41, 5.74) is 0.186. The Morgan fingerprint density at radius 2 is 2.09 bits per heavy atom. The van der Waals surface area contributed by atoms with Gasteiger partial charge in [0.05, 0.1) is 6.61 Å². The number of ether oxygens (including phenoxy) is 1. The Bertz CT molecular complexity index is 481. The summed E-state index contributed by atoms with van der Waals surface area (Å²) in [5.74, 6) is -0.410. The van der Waals surface area contributed by atoms with Crippen molar-refractivity contribution in [3.8, 4) is 5.75 Å². The van der Waals surface area contributed by atoms with Crippen LogP contribution in [0.25, 0.3) is 0 Å². The second-order valence-electron chi connectivity index (χ2n) is 4.57. The van der Waals surface area contributed by atoms with Gasteiger partial charge in [-0.15, -0.1) is 13.2 Å². The number of hydrogen-bond donors (Lipinski definition) is 2. The highest BCUT2D eigenvalue weighted by atomic mass is 19.4. The molecule has 124 valence electrons. The maximum Gasteiger partial charge on any atom is 0.573 e. The molecule has 1 rings (SSSR count). The Kier molecular flexibility index (Phi) is 6.97. The Hall–Kier alpha value is -1.96. The lowest BCUT2D eigenvalue weighted by Gasteiger charge is -2.22. The smallest absolute Gasteiger partial charge is 0.406 e. The predicted octanol–water partition coefficient (Wildman–Crippen LogP) is 3.21. The number of nitrogens with one attached hydrogen (secondary N) is 1. The monoisotopic (exact) mass is 320 g/mol. The van der Waals surface area contributed by atoms with Gasteiger partial charge in [0.1, 0.15) is 5.75 Å². The molecule has 1 aromatic carbocycles. The van der Waals surface area contributed by atoms with Gasteiger partial charge in [-0.3, -0.25) is 0 Å². The molecule has 0 bridgehead atoms. The average molecular weight is 320 g/mol. The summed E-state index contributed by atoms with van der Waals surface area (Å²) < 4.78 is 40.3. The second-order valence-corrected chi connectivity index (χ2v) is 4.57. The number of hydrogen-bond acceptors (Lipinski definition) is 3. The topological polar surface area (TPSA) is 61.8 Å². The highest BCUT2D eigenvalue weighted by Gasteiger charge is 2.31. The summed E-state index contributed by atoms with van der Waals surface area (Å²) in [6.45, 7) is 2.40. The third-order valence-electron chi connectivity index (χ3n) is 2.76. The molecule has 0 radical (unpaired) electrons. The van der Waals surface area contributed by atoms with Crippen LogP contribution in [0.2, 0.25) is 0 Å². The molecule has 0 saturated carbocycles. The number of aliphatic hydroxyl groups excluding tert-OH is 1. The Labute approximate surface area is 126 Å². The van der Waals surface area contributed by atoms with Crippen LogP contribution in [0.3, 0.4) is 0 Å². The van der Waals surface area contributed by atoms with Gasteiger partial charge in [0, 0.05) is 24.8 Å². The summed E-state index contributed by atoms with van der Waals surface area (Å²) in [6.07, 6.45) is -3.14. The van der Waals surface area contributed by atoms with Crippen molar-refractivity contribution in [3.05, 3.63) is 24.3 Å². The van der Waals surface area contributed by atoms with Crippen LogP contribution in [-0.2, 0) is 0 Å². The molecule has 0 spiro atoms. The van der Waals surface area contributed by atoms with Crippen LogP contribution < -0.4 is 10.1 Å². The first-order valence-electron chi connectivity index (χ1n) is 6.88. The zero-order valence-electron chi connectivity index (χ0n) is 12.2. The molecule has 2 N–H and O–H groups in total. The minimum Gasteiger partial charge on any atom is -0.406 e. The molecule has 8 heteroatoms. The summed E-state index contributed by atoms with van der Waals surface area (Å²) in [6, 6.07) is 4.55. The Morgan fingerprint density at radius 1 is 1.36 bits per heavy atom. The second kappa shape index (κ2) is 8.47. The molecule has 0 aliphatic carbocycles. The van der Waals surface area contributed by atoms with Crippen molar-refractivity contribution >= 4 is 11.7 Å². The first-order valence-corrected chi connectivity index (χ1v) is 6.88. The van der Waals surface area contributed by atoms with Crippen LogP contribution in [-0.4, -0.2) is 42.1 Å².